The predicted octanol–water partition coefficient (Wildman–Crippen LogP) is 2.84. The van der Waals surface area contributed by atoms with Gasteiger partial charge < -0.3 is 19.4 Å². The summed E-state index contributed by atoms with van der Waals surface area (Å²) in [6.07, 6.45) is 4.63. The predicted molar refractivity (Wildman–Crippen MR) is 117 cm³/mol. The fraction of sp³-hybridized carbons (Fsp3) is 0.667. The first-order valence-electron chi connectivity index (χ1n) is 11.3. The number of hydrogen-bond acceptors (Lipinski definition) is 4. The van der Waals surface area contributed by atoms with Crippen molar-refractivity contribution in [2.45, 2.75) is 57.6 Å². The number of hydrogen-bond donors (Lipinski definition) is 0. The van der Waals surface area contributed by atoms with E-state index < -0.39 is 0 Å². The summed E-state index contributed by atoms with van der Waals surface area (Å²) in [5, 5.41) is 0. The second-order valence-corrected chi connectivity index (χ2v) is 9.31. The summed E-state index contributed by atoms with van der Waals surface area (Å²) in [6.45, 7) is 7.84. The van der Waals surface area contributed by atoms with Crippen molar-refractivity contribution in [1.29, 1.82) is 0 Å². The number of ether oxygens (including phenoxy) is 1. The molecule has 3 fully saturated rings. The number of piperidine rings is 2. The maximum Gasteiger partial charge on any atom is 0.222 e. The van der Waals surface area contributed by atoms with Crippen LogP contribution in [-0.4, -0.2) is 73.1 Å². The van der Waals surface area contributed by atoms with E-state index in [4.69, 9.17) is 4.74 Å². The van der Waals surface area contributed by atoms with Crippen LogP contribution in [0.5, 0.6) is 0 Å². The third-order valence-corrected chi connectivity index (χ3v) is 7.62. The van der Waals surface area contributed by atoms with Crippen molar-refractivity contribution in [1.82, 2.24) is 9.80 Å². The average Bonchev–Trinajstić information content (AvgIpc) is 2.75. The number of aryl methyl sites for hydroxylation is 1. The number of benzene rings is 1. The molecule has 3 saturated heterocycles. The highest BCUT2D eigenvalue weighted by Crippen LogP contribution is 2.44. The van der Waals surface area contributed by atoms with E-state index in [0.717, 1.165) is 58.4 Å². The molecule has 1 spiro atoms. The zero-order valence-corrected chi connectivity index (χ0v) is 18.6. The smallest absolute Gasteiger partial charge is 0.222 e. The fourth-order valence-electron chi connectivity index (χ4n) is 5.52. The summed E-state index contributed by atoms with van der Waals surface area (Å²) in [6, 6.07) is 8.74. The lowest BCUT2D eigenvalue weighted by Crippen LogP contribution is -2.74. The molecule has 0 radical (unpaired) electrons. The van der Waals surface area contributed by atoms with Crippen LogP contribution in [0.15, 0.2) is 24.3 Å². The topological polar surface area (TPSA) is 53.1 Å². The van der Waals surface area contributed by atoms with Gasteiger partial charge in [0.2, 0.25) is 11.8 Å². The molecule has 3 heterocycles. The monoisotopic (exact) mass is 413 g/mol. The van der Waals surface area contributed by atoms with Gasteiger partial charge >= 0.3 is 0 Å². The third-order valence-electron chi connectivity index (χ3n) is 7.62. The highest BCUT2D eigenvalue weighted by Gasteiger charge is 2.55. The van der Waals surface area contributed by atoms with Crippen molar-refractivity contribution >= 4 is 17.5 Å². The van der Waals surface area contributed by atoms with Crippen LogP contribution in [0.1, 0.15) is 44.6 Å². The molecule has 0 saturated carbocycles. The Kier molecular flexibility index (Phi) is 6.05. The SMILES string of the molecule is COC1CN(c2ccc(C)cc2)C12CCN(C(=O)CC1CCN(C(C)=O)CC1)CC2. The summed E-state index contributed by atoms with van der Waals surface area (Å²) in [7, 11) is 1.81. The van der Waals surface area contributed by atoms with E-state index in [0.29, 0.717) is 12.3 Å². The van der Waals surface area contributed by atoms with Gasteiger partial charge in [-0.05, 0) is 50.7 Å². The maximum absolute atomic E-state index is 12.9. The molecule has 1 atom stereocenters. The summed E-state index contributed by atoms with van der Waals surface area (Å²) in [5.41, 5.74) is 2.53. The Balaban J connectivity index is 1.33. The largest absolute Gasteiger partial charge is 0.377 e. The standard InChI is InChI=1S/C24H35N3O3/c1-18-4-6-21(7-5-18)27-17-22(30-3)24(27)10-14-26(15-11-24)23(29)16-20-8-12-25(13-9-20)19(2)28/h4-7,20,22H,8-17H2,1-3H3. The molecule has 0 aromatic heterocycles. The normalized spacial score (nSPS) is 24.1. The van der Waals surface area contributed by atoms with Gasteiger partial charge in [-0.1, -0.05) is 17.7 Å². The second kappa shape index (κ2) is 8.58. The first-order valence-corrected chi connectivity index (χ1v) is 11.3. The average molecular weight is 414 g/mol. The lowest BCUT2D eigenvalue weighted by atomic mass is 9.73. The van der Waals surface area contributed by atoms with Gasteiger partial charge in [0.25, 0.3) is 0 Å². The Morgan fingerprint density at radius 1 is 1.03 bits per heavy atom. The quantitative estimate of drug-likeness (QED) is 0.762. The molecule has 2 amide bonds. The molecule has 0 bridgehead atoms. The maximum atomic E-state index is 12.9. The molecule has 1 aromatic carbocycles. The van der Waals surface area contributed by atoms with E-state index >= 15 is 0 Å². The van der Waals surface area contributed by atoms with Crippen LogP contribution in [0.4, 0.5) is 5.69 Å². The van der Waals surface area contributed by atoms with Gasteiger partial charge in [-0.3, -0.25) is 9.59 Å². The van der Waals surface area contributed by atoms with Crippen molar-refractivity contribution in [3.05, 3.63) is 29.8 Å². The molecule has 6 nitrogen and oxygen atoms in total. The lowest BCUT2D eigenvalue weighted by Gasteiger charge is -2.61. The Morgan fingerprint density at radius 2 is 1.67 bits per heavy atom. The number of anilines is 1. The van der Waals surface area contributed by atoms with Crippen molar-refractivity contribution in [3.63, 3.8) is 0 Å². The summed E-state index contributed by atoms with van der Waals surface area (Å²) < 4.78 is 5.82. The van der Waals surface area contributed by atoms with Gasteiger partial charge in [0, 0.05) is 58.9 Å². The molecular weight excluding hydrogens is 378 g/mol. The van der Waals surface area contributed by atoms with Crippen molar-refractivity contribution in [2.75, 3.05) is 44.7 Å². The minimum absolute atomic E-state index is 0.00756. The minimum Gasteiger partial charge on any atom is -0.377 e. The molecule has 6 heteroatoms. The van der Waals surface area contributed by atoms with Crippen LogP contribution in [0.3, 0.4) is 0 Å². The van der Waals surface area contributed by atoms with E-state index in [-0.39, 0.29) is 23.5 Å². The second-order valence-electron chi connectivity index (χ2n) is 9.31. The first kappa shape index (κ1) is 21.2. The molecule has 1 unspecified atom stereocenters. The lowest BCUT2D eigenvalue weighted by molar-refractivity contribution is -0.136. The molecule has 4 rings (SSSR count). The van der Waals surface area contributed by atoms with Crippen molar-refractivity contribution in [3.8, 4) is 0 Å². The molecule has 0 aliphatic carbocycles. The number of carbonyl (C=O) groups excluding carboxylic acids is 2. The zero-order valence-electron chi connectivity index (χ0n) is 18.6. The van der Waals surface area contributed by atoms with E-state index in [1.165, 1.54) is 11.3 Å². The number of rotatable bonds is 4. The number of carbonyl (C=O) groups is 2. The molecule has 3 aliphatic rings. The molecule has 0 N–H and O–H groups in total. The third kappa shape index (κ3) is 3.94. The summed E-state index contributed by atoms with van der Waals surface area (Å²) in [4.78, 5) is 30.9. The Hall–Kier alpha value is -2.08. The highest BCUT2D eigenvalue weighted by molar-refractivity contribution is 5.77. The van der Waals surface area contributed by atoms with Gasteiger partial charge in [0.05, 0.1) is 11.6 Å². The van der Waals surface area contributed by atoms with Crippen LogP contribution in [0.25, 0.3) is 0 Å². The molecule has 30 heavy (non-hydrogen) atoms. The molecular formula is C24H35N3O3. The van der Waals surface area contributed by atoms with Gasteiger partial charge in [0.1, 0.15) is 0 Å². The van der Waals surface area contributed by atoms with Crippen LogP contribution in [0, 0.1) is 12.8 Å². The van der Waals surface area contributed by atoms with Crippen molar-refractivity contribution < 1.29 is 14.3 Å². The van der Waals surface area contributed by atoms with Crippen LogP contribution in [0.2, 0.25) is 0 Å². The highest BCUT2D eigenvalue weighted by atomic mass is 16.5. The van der Waals surface area contributed by atoms with E-state index in [1.54, 1.807) is 6.92 Å². The Morgan fingerprint density at radius 3 is 2.23 bits per heavy atom. The number of nitrogens with zero attached hydrogens (tertiary/aromatic N) is 3. The van der Waals surface area contributed by atoms with Gasteiger partial charge in [0.15, 0.2) is 0 Å². The number of likely N-dealkylation sites (tertiary alicyclic amines) is 2. The van der Waals surface area contributed by atoms with Gasteiger partial charge in [-0.25, -0.2) is 0 Å². The molecule has 3 aliphatic heterocycles. The van der Waals surface area contributed by atoms with Crippen molar-refractivity contribution in [2.24, 2.45) is 5.92 Å². The minimum atomic E-state index is 0.00756. The van der Waals surface area contributed by atoms with E-state index in [1.807, 2.05) is 12.0 Å². The van der Waals surface area contributed by atoms with Gasteiger partial charge in [-0.15, -0.1) is 0 Å². The number of amides is 2. The van der Waals surface area contributed by atoms with Crippen LogP contribution in [-0.2, 0) is 14.3 Å². The van der Waals surface area contributed by atoms with Crippen LogP contribution < -0.4 is 4.90 Å². The van der Waals surface area contributed by atoms with Crippen LogP contribution >= 0.6 is 0 Å². The summed E-state index contributed by atoms with van der Waals surface area (Å²) in [5.74, 6) is 0.831. The van der Waals surface area contributed by atoms with E-state index in [2.05, 4.69) is 41.0 Å². The Labute approximate surface area is 180 Å². The molecule has 164 valence electrons. The zero-order chi connectivity index (χ0) is 21.3. The van der Waals surface area contributed by atoms with Gasteiger partial charge in [-0.2, -0.15) is 0 Å². The fourth-order valence-corrected chi connectivity index (χ4v) is 5.52. The molecule has 1 aromatic rings. The Bertz CT molecular complexity index is 762. The number of methoxy groups -OCH3 is 1. The summed E-state index contributed by atoms with van der Waals surface area (Å²) >= 11 is 0. The van der Waals surface area contributed by atoms with E-state index in [9.17, 15) is 9.59 Å². The first-order chi connectivity index (χ1) is 14.4.